The van der Waals surface area contributed by atoms with Gasteiger partial charge in [0.1, 0.15) is 23.8 Å². The van der Waals surface area contributed by atoms with Crippen LogP contribution >= 0.6 is 0 Å². The van der Waals surface area contributed by atoms with Crippen molar-refractivity contribution in [3.8, 4) is 5.75 Å². The van der Waals surface area contributed by atoms with E-state index in [4.69, 9.17) is 0 Å². The van der Waals surface area contributed by atoms with Gasteiger partial charge in [0.25, 0.3) is 0 Å². The fraction of sp³-hybridized carbons (Fsp3) is 0.417. The lowest BCUT2D eigenvalue weighted by Gasteiger charge is -2.57. The topological polar surface area (TPSA) is 72.9 Å². The molecule has 1 aliphatic heterocycles. The largest absolute Gasteiger partial charge is 0.508 e. The molecule has 1 aliphatic carbocycles. The maximum Gasteiger partial charge on any atom is 0.233 e. The van der Waals surface area contributed by atoms with Gasteiger partial charge in [0.15, 0.2) is 0 Å². The number of phenolic OH excluding ortho intramolecular Hbond substituents is 1. The fourth-order valence-corrected chi connectivity index (χ4v) is 5.34. The van der Waals surface area contributed by atoms with Gasteiger partial charge in [-0.1, -0.05) is 13.0 Å². The standard InChI is InChI=1S/C24H27F2N3O3/c1-24-8-9-28(2)20(10-14-4-6-16(30)12-17(14)24)23(24)29(3)22(32)13-21(31)27-19-7-5-15(25)11-18(19)26/h4-7,11-12,20,23,30H,8-10,13H2,1-3H3,(H,27,31)/t20-,23+,24-/m1/s1. The Morgan fingerprint density at radius 3 is 2.72 bits per heavy atom. The molecule has 2 amide bonds. The van der Waals surface area contributed by atoms with Crippen molar-refractivity contribution in [3.63, 3.8) is 0 Å². The van der Waals surface area contributed by atoms with Gasteiger partial charge in [-0.2, -0.15) is 0 Å². The van der Waals surface area contributed by atoms with Crippen LogP contribution in [0.15, 0.2) is 36.4 Å². The van der Waals surface area contributed by atoms with Crippen molar-refractivity contribution >= 4 is 17.5 Å². The number of carbonyl (C=O) groups excluding carboxylic acids is 2. The minimum absolute atomic E-state index is 0.0670. The lowest BCUT2D eigenvalue weighted by molar-refractivity contribution is -0.139. The number of hydrogen-bond donors (Lipinski definition) is 2. The Morgan fingerprint density at radius 2 is 2.00 bits per heavy atom. The highest BCUT2D eigenvalue weighted by atomic mass is 19.1. The second kappa shape index (κ2) is 8.16. The molecule has 2 N–H and O–H groups in total. The number of benzene rings is 2. The molecule has 1 saturated heterocycles. The Kier molecular flexibility index (Phi) is 5.67. The fourth-order valence-electron chi connectivity index (χ4n) is 5.34. The maximum atomic E-state index is 13.8. The van der Waals surface area contributed by atoms with E-state index in [-0.39, 0.29) is 34.8 Å². The van der Waals surface area contributed by atoms with Gasteiger partial charge in [0.2, 0.25) is 11.8 Å². The van der Waals surface area contributed by atoms with E-state index in [9.17, 15) is 23.5 Å². The van der Waals surface area contributed by atoms with E-state index in [0.717, 1.165) is 42.6 Å². The Morgan fingerprint density at radius 1 is 1.25 bits per heavy atom. The van der Waals surface area contributed by atoms with Crippen molar-refractivity contribution in [2.24, 2.45) is 0 Å². The van der Waals surface area contributed by atoms with Crippen molar-refractivity contribution in [2.45, 2.75) is 43.7 Å². The summed E-state index contributed by atoms with van der Waals surface area (Å²) < 4.78 is 26.9. The molecule has 0 radical (unpaired) electrons. The van der Waals surface area contributed by atoms with Gasteiger partial charge in [-0.3, -0.25) is 9.59 Å². The summed E-state index contributed by atoms with van der Waals surface area (Å²) >= 11 is 0. The van der Waals surface area contributed by atoms with Crippen LogP contribution in [0.4, 0.5) is 14.5 Å². The SMILES string of the molecule is CN1CC[C@]2(C)c3cc(O)ccc3C[C@@H]1[C@@H]2N(C)C(=O)CC(=O)Nc1ccc(F)cc1F. The first-order valence-electron chi connectivity index (χ1n) is 10.6. The van der Waals surface area contributed by atoms with Gasteiger partial charge < -0.3 is 20.2 Å². The average Bonchev–Trinajstić information content (AvgIpc) is 2.73. The van der Waals surface area contributed by atoms with Crippen molar-refractivity contribution in [1.82, 2.24) is 9.80 Å². The predicted molar refractivity (Wildman–Crippen MR) is 116 cm³/mol. The number of hydrogen-bond acceptors (Lipinski definition) is 4. The molecule has 6 nitrogen and oxygen atoms in total. The van der Waals surface area contributed by atoms with Crippen molar-refractivity contribution in [2.75, 3.05) is 26.0 Å². The Bertz CT molecular complexity index is 1080. The summed E-state index contributed by atoms with van der Waals surface area (Å²) in [6.45, 7) is 2.96. The number of rotatable bonds is 4. The van der Waals surface area contributed by atoms with Gasteiger partial charge in [-0.25, -0.2) is 8.78 Å². The third-order valence-electron chi connectivity index (χ3n) is 7.03. The zero-order valence-electron chi connectivity index (χ0n) is 18.4. The highest BCUT2D eigenvalue weighted by Crippen LogP contribution is 2.47. The second-order valence-electron chi connectivity index (χ2n) is 9.06. The van der Waals surface area contributed by atoms with Crippen LogP contribution in [0.1, 0.15) is 30.9 Å². The Labute approximate surface area is 185 Å². The van der Waals surface area contributed by atoms with Crippen LogP contribution in [0.2, 0.25) is 0 Å². The monoisotopic (exact) mass is 443 g/mol. The molecule has 4 rings (SSSR count). The summed E-state index contributed by atoms with van der Waals surface area (Å²) in [5.41, 5.74) is 1.64. The molecule has 2 aromatic carbocycles. The van der Waals surface area contributed by atoms with Crippen LogP contribution in [-0.2, 0) is 21.4 Å². The Hall–Kier alpha value is -3.00. The van der Waals surface area contributed by atoms with E-state index in [1.54, 1.807) is 24.1 Å². The number of nitrogens with zero attached hydrogens (tertiary/aromatic N) is 2. The van der Waals surface area contributed by atoms with Crippen molar-refractivity contribution in [1.29, 1.82) is 0 Å². The number of anilines is 1. The van der Waals surface area contributed by atoms with Crippen LogP contribution < -0.4 is 5.32 Å². The van der Waals surface area contributed by atoms with E-state index in [1.807, 2.05) is 13.1 Å². The average molecular weight is 443 g/mol. The van der Waals surface area contributed by atoms with E-state index in [2.05, 4.69) is 17.1 Å². The van der Waals surface area contributed by atoms with Gasteiger partial charge in [0, 0.05) is 24.6 Å². The third-order valence-corrected chi connectivity index (χ3v) is 7.03. The number of amides is 2. The first-order chi connectivity index (χ1) is 15.1. The highest BCUT2D eigenvalue weighted by Gasteiger charge is 2.52. The second-order valence-corrected chi connectivity index (χ2v) is 9.06. The quantitative estimate of drug-likeness (QED) is 0.713. The molecule has 2 aliphatic rings. The normalized spacial score (nSPS) is 24.5. The van der Waals surface area contributed by atoms with Crippen LogP contribution in [0.3, 0.4) is 0 Å². The lowest BCUT2D eigenvalue weighted by Crippen LogP contribution is -2.67. The zero-order chi connectivity index (χ0) is 23.2. The molecule has 0 spiro atoms. The van der Waals surface area contributed by atoms with Crippen molar-refractivity contribution in [3.05, 3.63) is 59.2 Å². The highest BCUT2D eigenvalue weighted by molar-refractivity contribution is 6.03. The molecule has 0 saturated carbocycles. The summed E-state index contributed by atoms with van der Waals surface area (Å²) in [5.74, 6) is -2.50. The minimum atomic E-state index is -0.897. The molecule has 32 heavy (non-hydrogen) atoms. The number of aromatic hydroxyl groups is 1. The molecule has 2 aromatic rings. The molecule has 170 valence electrons. The van der Waals surface area contributed by atoms with Crippen LogP contribution in [-0.4, -0.2) is 59.4 Å². The summed E-state index contributed by atoms with van der Waals surface area (Å²) in [6, 6.07) is 8.13. The number of likely N-dealkylation sites (tertiary alicyclic amines) is 1. The van der Waals surface area contributed by atoms with Gasteiger partial charge in [-0.15, -0.1) is 0 Å². The predicted octanol–water partition coefficient (Wildman–Crippen LogP) is 3.04. The Balaban J connectivity index is 1.55. The number of carbonyl (C=O) groups is 2. The number of nitrogens with one attached hydrogen (secondary N) is 1. The summed E-state index contributed by atoms with van der Waals surface area (Å²) in [7, 11) is 3.72. The van der Waals surface area contributed by atoms with E-state index in [1.165, 1.54) is 0 Å². The van der Waals surface area contributed by atoms with Gasteiger partial charge >= 0.3 is 0 Å². The van der Waals surface area contributed by atoms with Crippen LogP contribution in [0.5, 0.6) is 5.75 Å². The molecule has 8 heteroatoms. The molecular weight excluding hydrogens is 416 g/mol. The number of piperidine rings is 1. The lowest BCUT2D eigenvalue weighted by atomic mass is 9.61. The van der Waals surface area contributed by atoms with Gasteiger partial charge in [-0.05, 0) is 61.8 Å². The molecule has 1 fully saturated rings. The summed E-state index contributed by atoms with van der Waals surface area (Å²) in [5, 5.41) is 12.4. The van der Waals surface area contributed by atoms with E-state index < -0.39 is 24.0 Å². The summed E-state index contributed by atoms with van der Waals surface area (Å²) in [4.78, 5) is 29.4. The number of likely N-dealkylation sites (N-methyl/N-ethyl adjacent to an activating group) is 2. The van der Waals surface area contributed by atoms with E-state index >= 15 is 0 Å². The molecule has 2 bridgehead atoms. The van der Waals surface area contributed by atoms with Crippen LogP contribution in [0.25, 0.3) is 0 Å². The molecule has 3 atom stereocenters. The minimum Gasteiger partial charge on any atom is -0.508 e. The maximum absolute atomic E-state index is 13.8. The molecule has 1 heterocycles. The first-order valence-corrected chi connectivity index (χ1v) is 10.6. The number of fused-ring (bicyclic) bond motifs is 4. The first kappa shape index (κ1) is 22.2. The molecule has 0 aromatic heterocycles. The van der Waals surface area contributed by atoms with E-state index in [0.29, 0.717) is 6.07 Å². The van der Waals surface area contributed by atoms with Crippen molar-refractivity contribution < 1.29 is 23.5 Å². The van der Waals surface area contributed by atoms with Crippen LogP contribution in [0, 0.1) is 11.6 Å². The summed E-state index contributed by atoms with van der Waals surface area (Å²) in [6.07, 6.45) is 1.08. The number of halogens is 2. The molecule has 0 unspecified atom stereocenters. The smallest absolute Gasteiger partial charge is 0.233 e. The van der Waals surface area contributed by atoms with Gasteiger partial charge in [0.05, 0.1) is 11.7 Å². The number of phenols is 1. The third kappa shape index (κ3) is 3.83. The molecular formula is C24H27F2N3O3. The zero-order valence-corrected chi connectivity index (χ0v) is 18.4.